The zero-order valence-electron chi connectivity index (χ0n) is 17.4. The van der Waals surface area contributed by atoms with Crippen LogP contribution in [0.25, 0.3) is 5.65 Å². The predicted molar refractivity (Wildman–Crippen MR) is 123 cm³/mol. The van der Waals surface area contributed by atoms with Crippen molar-refractivity contribution in [3.05, 3.63) is 89.4 Å². The first kappa shape index (κ1) is 20.2. The van der Waals surface area contributed by atoms with Gasteiger partial charge in [-0.1, -0.05) is 18.2 Å². The fraction of sp³-hybridized carbons (Fsp3) is 0.174. The first-order valence-corrected chi connectivity index (χ1v) is 12.0. The van der Waals surface area contributed by atoms with E-state index in [9.17, 15) is 13.2 Å². The molecular formula is C23H21N5O3S. The highest BCUT2D eigenvalue weighted by Crippen LogP contribution is 2.31. The molecule has 2 aromatic carbocycles. The molecule has 5 rings (SSSR count). The number of amides is 1. The van der Waals surface area contributed by atoms with Crippen molar-refractivity contribution in [2.75, 3.05) is 22.4 Å². The van der Waals surface area contributed by atoms with Crippen molar-refractivity contribution < 1.29 is 13.2 Å². The first-order valence-electron chi connectivity index (χ1n) is 10.2. The van der Waals surface area contributed by atoms with Crippen LogP contribution in [0.1, 0.15) is 27.3 Å². The maximum atomic E-state index is 12.7. The van der Waals surface area contributed by atoms with Crippen LogP contribution >= 0.6 is 0 Å². The molecular weight excluding hydrogens is 426 g/mol. The Hall–Kier alpha value is -3.72. The number of hydrogen-bond acceptors (Lipinski definition) is 5. The van der Waals surface area contributed by atoms with Crippen LogP contribution in [0.15, 0.2) is 66.9 Å². The van der Waals surface area contributed by atoms with Crippen molar-refractivity contribution in [1.82, 2.24) is 14.6 Å². The molecule has 162 valence electrons. The summed E-state index contributed by atoms with van der Waals surface area (Å²) in [5, 5.41) is 11.3. The van der Waals surface area contributed by atoms with Crippen LogP contribution < -0.4 is 9.62 Å². The third-order valence-electron chi connectivity index (χ3n) is 5.55. The van der Waals surface area contributed by atoms with Crippen molar-refractivity contribution in [1.29, 1.82) is 0 Å². The Morgan fingerprint density at radius 3 is 2.66 bits per heavy atom. The number of carbonyl (C=O) groups is 1. The standard InChI is InChI=1S/C23H21N5O3S/c1-32(30,31)28-13-11-17-15-18(7-10-20(17)28)23(29)24-19-8-5-16(6-9-19)14-22-26-25-21-4-2-3-12-27(21)22/h2-10,12,15H,11,13-14H2,1H3,(H,24,29). The van der Waals surface area contributed by atoms with E-state index in [2.05, 4.69) is 15.5 Å². The highest BCUT2D eigenvalue weighted by molar-refractivity contribution is 7.92. The second-order valence-corrected chi connectivity index (χ2v) is 9.71. The second-order valence-electron chi connectivity index (χ2n) is 7.80. The Morgan fingerprint density at radius 2 is 1.88 bits per heavy atom. The van der Waals surface area contributed by atoms with Gasteiger partial charge in [-0.2, -0.15) is 0 Å². The maximum absolute atomic E-state index is 12.7. The maximum Gasteiger partial charge on any atom is 0.255 e. The van der Waals surface area contributed by atoms with Gasteiger partial charge in [0.05, 0.1) is 11.9 Å². The molecule has 1 N–H and O–H groups in total. The van der Waals surface area contributed by atoms with Gasteiger partial charge in [-0.3, -0.25) is 13.5 Å². The lowest BCUT2D eigenvalue weighted by molar-refractivity contribution is 0.102. The van der Waals surface area contributed by atoms with Gasteiger partial charge in [0.15, 0.2) is 5.65 Å². The Labute approximate surface area is 185 Å². The molecule has 0 unspecified atom stereocenters. The van der Waals surface area contributed by atoms with E-state index in [0.29, 0.717) is 36.3 Å². The second kappa shape index (κ2) is 7.76. The number of fused-ring (bicyclic) bond motifs is 2. The number of carbonyl (C=O) groups excluding carboxylic acids is 1. The molecule has 9 heteroatoms. The lowest BCUT2D eigenvalue weighted by Crippen LogP contribution is -2.27. The highest BCUT2D eigenvalue weighted by atomic mass is 32.2. The van der Waals surface area contributed by atoms with E-state index in [1.807, 2.05) is 53.1 Å². The number of nitrogens with one attached hydrogen (secondary N) is 1. The van der Waals surface area contributed by atoms with Crippen LogP contribution in [0.5, 0.6) is 0 Å². The number of anilines is 2. The van der Waals surface area contributed by atoms with Gasteiger partial charge < -0.3 is 5.32 Å². The smallest absolute Gasteiger partial charge is 0.255 e. The molecule has 8 nitrogen and oxygen atoms in total. The molecule has 0 atom stereocenters. The molecule has 3 heterocycles. The Morgan fingerprint density at radius 1 is 1.06 bits per heavy atom. The Balaban J connectivity index is 1.28. The van der Waals surface area contributed by atoms with Gasteiger partial charge in [0, 0.05) is 30.4 Å². The van der Waals surface area contributed by atoms with Gasteiger partial charge in [0.25, 0.3) is 5.91 Å². The molecule has 0 radical (unpaired) electrons. The molecule has 0 aliphatic carbocycles. The summed E-state index contributed by atoms with van der Waals surface area (Å²) in [7, 11) is -3.31. The lowest BCUT2D eigenvalue weighted by Gasteiger charge is -2.16. The minimum atomic E-state index is -3.31. The van der Waals surface area contributed by atoms with Gasteiger partial charge in [0.1, 0.15) is 5.82 Å². The number of rotatable bonds is 5. The average molecular weight is 448 g/mol. The van der Waals surface area contributed by atoms with E-state index in [0.717, 1.165) is 22.6 Å². The summed E-state index contributed by atoms with van der Waals surface area (Å²) < 4.78 is 27.1. The zero-order valence-corrected chi connectivity index (χ0v) is 18.2. The quantitative estimate of drug-likeness (QED) is 0.507. The monoisotopic (exact) mass is 447 g/mol. The van der Waals surface area contributed by atoms with Gasteiger partial charge in [-0.15, -0.1) is 10.2 Å². The molecule has 1 aliphatic heterocycles. The summed E-state index contributed by atoms with van der Waals surface area (Å²) in [4.78, 5) is 12.7. The normalized spacial score (nSPS) is 13.3. The van der Waals surface area contributed by atoms with Gasteiger partial charge in [-0.05, 0) is 60.0 Å². The lowest BCUT2D eigenvalue weighted by atomic mass is 10.1. The van der Waals surface area contributed by atoms with Crippen molar-refractivity contribution in [2.45, 2.75) is 12.8 Å². The summed E-state index contributed by atoms with van der Waals surface area (Å²) in [5.41, 5.74) is 4.55. The molecule has 0 bridgehead atoms. The van der Waals surface area contributed by atoms with Crippen LogP contribution in [-0.4, -0.2) is 41.7 Å². The number of hydrogen-bond donors (Lipinski definition) is 1. The van der Waals surface area contributed by atoms with Crippen LogP contribution in [0, 0.1) is 0 Å². The van der Waals surface area contributed by atoms with Crippen LogP contribution in [0.2, 0.25) is 0 Å². The molecule has 2 aromatic heterocycles. The number of pyridine rings is 1. The van der Waals surface area contributed by atoms with Crippen molar-refractivity contribution in [3.63, 3.8) is 0 Å². The third-order valence-corrected chi connectivity index (χ3v) is 6.73. The number of aromatic nitrogens is 3. The Kier molecular flexibility index (Phi) is 4.90. The third kappa shape index (κ3) is 3.82. The highest BCUT2D eigenvalue weighted by Gasteiger charge is 2.26. The van der Waals surface area contributed by atoms with E-state index in [4.69, 9.17) is 0 Å². The van der Waals surface area contributed by atoms with E-state index >= 15 is 0 Å². The van der Waals surface area contributed by atoms with Crippen LogP contribution in [0.3, 0.4) is 0 Å². The van der Waals surface area contributed by atoms with Gasteiger partial charge >= 0.3 is 0 Å². The first-order chi connectivity index (χ1) is 15.4. The van der Waals surface area contributed by atoms with E-state index in [-0.39, 0.29) is 5.91 Å². The Bertz CT molecular complexity index is 1430. The largest absolute Gasteiger partial charge is 0.322 e. The molecule has 0 saturated carbocycles. The van der Waals surface area contributed by atoms with Crippen LogP contribution in [0.4, 0.5) is 11.4 Å². The summed E-state index contributed by atoms with van der Waals surface area (Å²) in [6, 6.07) is 18.5. The van der Waals surface area contributed by atoms with Crippen molar-refractivity contribution in [2.24, 2.45) is 0 Å². The number of nitrogens with zero attached hydrogens (tertiary/aromatic N) is 4. The van der Waals surface area contributed by atoms with E-state index in [1.54, 1.807) is 18.2 Å². The fourth-order valence-electron chi connectivity index (χ4n) is 3.96. The number of sulfonamides is 1. The molecule has 32 heavy (non-hydrogen) atoms. The summed E-state index contributed by atoms with van der Waals surface area (Å²) in [5.74, 6) is 0.612. The molecule has 1 amide bonds. The minimum absolute atomic E-state index is 0.234. The van der Waals surface area contributed by atoms with Crippen molar-refractivity contribution in [3.8, 4) is 0 Å². The molecule has 0 spiro atoms. The van der Waals surface area contributed by atoms with Gasteiger partial charge in [-0.25, -0.2) is 8.42 Å². The van der Waals surface area contributed by atoms with E-state index < -0.39 is 10.0 Å². The molecule has 1 aliphatic rings. The summed E-state index contributed by atoms with van der Waals surface area (Å²) >= 11 is 0. The van der Waals surface area contributed by atoms with E-state index in [1.165, 1.54) is 10.6 Å². The molecule has 4 aromatic rings. The predicted octanol–water partition coefficient (Wildman–Crippen LogP) is 2.89. The number of benzene rings is 2. The minimum Gasteiger partial charge on any atom is -0.322 e. The SMILES string of the molecule is CS(=O)(=O)N1CCc2cc(C(=O)Nc3ccc(Cc4nnc5ccccn45)cc3)ccc21. The fourth-order valence-corrected chi connectivity index (χ4v) is 4.92. The topological polar surface area (TPSA) is 96.7 Å². The molecule has 0 fully saturated rings. The summed E-state index contributed by atoms with van der Waals surface area (Å²) in [6.07, 6.45) is 4.35. The summed E-state index contributed by atoms with van der Waals surface area (Å²) in [6.45, 7) is 0.405. The molecule has 0 saturated heterocycles. The van der Waals surface area contributed by atoms with Gasteiger partial charge in [0.2, 0.25) is 10.0 Å². The zero-order chi connectivity index (χ0) is 22.3. The average Bonchev–Trinajstić information content (AvgIpc) is 3.39. The van der Waals surface area contributed by atoms with Crippen molar-refractivity contribution >= 4 is 33.0 Å². The van der Waals surface area contributed by atoms with Crippen LogP contribution in [-0.2, 0) is 22.9 Å².